The number of amides is 1. The van der Waals surface area contributed by atoms with Crippen molar-refractivity contribution in [2.45, 2.75) is 33.1 Å². The summed E-state index contributed by atoms with van der Waals surface area (Å²) in [6.45, 7) is 3.94. The highest BCUT2D eigenvalue weighted by Gasteiger charge is 2.16. The van der Waals surface area contributed by atoms with Crippen LogP contribution >= 0.6 is 0 Å². The second kappa shape index (κ2) is 7.94. The van der Waals surface area contributed by atoms with Gasteiger partial charge in [-0.3, -0.25) is 4.79 Å². The molecule has 0 aromatic heterocycles. The number of aryl methyl sites for hydroxylation is 1. The van der Waals surface area contributed by atoms with Crippen LogP contribution in [0.5, 0.6) is 0 Å². The summed E-state index contributed by atoms with van der Waals surface area (Å²) < 4.78 is 26.7. The second-order valence-corrected chi connectivity index (χ2v) is 4.96. The Morgan fingerprint density at radius 1 is 1.30 bits per heavy atom. The maximum Gasteiger partial charge on any atom is 0.254 e. The normalized spacial score (nSPS) is 12.2. The minimum Gasteiger partial charge on any atom is -0.396 e. The van der Waals surface area contributed by atoms with Crippen molar-refractivity contribution in [3.8, 4) is 0 Å². The molecule has 1 aromatic rings. The summed E-state index contributed by atoms with van der Waals surface area (Å²) in [6, 6.07) is 1.93. The van der Waals surface area contributed by atoms with Crippen LogP contribution in [-0.2, 0) is 0 Å². The largest absolute Gasteiger partial charge is 0.396 e. The number of carbonyl (C=O) groups is 1. The van der Waals surface area contributed by atoms with Crippen LogP contribution in [0, 0.1) is 24.5 Å². The van der Waals surface area contributed by atoms with Gasteiger partial charge in [0, 0.05) is 19.2 Å². The molecule has 2 N–H and O–H groups in total. The van der Waals surface area contributed by atoms with Gasteiger partial charge in [-0.15, -0.1) is 0 Å². The van der Waals surface area contributed by atoms with E-state index in [1.54, 1.807) is 0 Å². The van der Waals surface area contributed by atoms with Crippen LogP contribution in [0.4, 0.5) is 8.78 Å². The lowest BCUT2D eigenvalue weighted by Gasteiger charge is -2.16. The zero-order chi connectivity index (χ0) is 15.1. The Morgan fingerprint density at radius 2 is 2.00 bits per heavy atom. The van der Waals surface area contributed by atoms with Gasteiger partial charge in [0.15, 0.2) is 0 Å². The predicted molar refractivity (Wildman–Crippen MR) is 73.5 cm³/mol. The lowest BCUT2D eigenvalue weighted by Crippen LogP contribution is -2.30. The topological polar surface area (TPSA) is 49.3 Å². The molecule has 0 saturated carbocycles. The SMILES string of the molecule is CCCC(CCO)CNC(=O)c1cc(C)c(F)cc1F. The summed E-state index contributed by atoms with van der Waals surface area (Å²) in [4.78, 5) is 11.9. The molecule has 112 valence electrons. The number of aliphatic hydroxyl groups excluding tert-OH is 1. The summed E-state index contributed by atoms with van der Waals surface area (Å²) in [5, 5.41) is 11.6. The van der Waals surface area contributed by atoms with Crippen LogP contribution in [0.2, 0.25) is 0 Å². The molecule has 1 atom stereocenters. The molecule has 1 rings (SSSR count). The van der Waals surface area contributed by atoms with E-state index >= 15 is 0 Å². The van der Waals surface area contributed by atoms with Gasteiger partial charge >= 0.3 is 0 Å². The van der Waals surface area contributed by atoms with E-state index in [1.165, 1.54) is 13.0 Å². The Bertz CT molecular complexity index is 457. The first-order chi connectivity index (χ1) is 9.49. The van der Waals surface area contributed by atoms with Crippen molar-refractivity contribution >= 4 is 5.91 Å². The summed E-state index contributed by atoms with van der Waals surface area (Å²) >= 11 is 0. The maximum atomic E-state index is 13.6. The van der Waals surface area contributed by atoms with Crippen molar-refractivity contribution < 1.29 is 18.7 Å². The molecule has 0 fully saturated rings. The van der Waals surface area contributed by atoms with Crippen LogP contribution in [0.1, 0.15) is 42.1 Å². The molecule has 5 heteroatoms. The third kappa shape index (κ3) is 4.56. The Balaban J connectivity index is 2.69. The van der Waals surface area contributed by atoms with Gasteiger partial charge in [-0.1, -0.05) is 13.3 Å². The van der Waals surface area contributed by atoms with E-state index in [-0.39, 0.29) is 23.7 Å². The number of benzene rings is 1. The van der Waals surface area contributed by atoms with Crippen molar-refractivity contribution in [1.82, 2.24) is 5.32 Å². The van der Waals surface area contributed by atoms with Gasteiger partial charge in [-0.2, -0.15) is 0 Å². The van der Waals surface area contributed by atoms with E-state index in [1.807, 2.05) is 6.92 Å². The highest BCUT2D eigenvalue weighted by molar-refractivity contribution is 5.94. The number of hydrogen-bond donors (Lipinski definition) is 2. The number of halogens is 2. The molecule has 1 aromatic carbocycles. The number of rotatable bonds is 7. The fraction of sp³-hybridized carbons (Fsp3) is 0.533. The van der Waals surface area contributed by atoms with Crippen LogP contribution in [0.15, 0.2) is 12.1 Å². The molecular formula is C15H21F2NO2. The van der Waals surface area contributed by atoms with E-state index in [2.05, 4.69) is 5.32 Å². The standard InChI is InChI=1S/C15H21F2NO2/c1-3-4-11(5-6-19)9-18-15(20)12-7-10(2)13(16)8-14(12)17/h7-8,11,19H,3-6,9H2,1-2H3,(H,18,20). The van der Waals surface area contributed by atoms with Crippen molar-refractivity contribution in [3.63, 3.8) is 0 Å². The molecule has 3 nitrogen and oxygen atoms in total. The first-order valence-corrected chi connectivity index (χ1v) is 6.84. The average molecular weight is 285 g/mol. The molecule has 0 heterocycles. The Morgan fingerprint density at radius 3 is 2.60 bits per heavy atom. The monoisotopic (exact) mass is 285 g/mol. The summed E-state index contributed by atoms with van der Waals surface area (Å²) in [5.41, 5.74) is 0.0835. The minimum atomic E-state index is -0.861. The Kier molecular flexibility index (Phi) is 6.58. The van der Waals surface area contributed by atoms with Crippen molar-refractivity contribution in [1.29, 1.82) is 0 Å². The summed E-state index contributed by atoms with van der Waals surface area (Å²) in [5.74, 6) is -1.91. The summed E-state index contributed by atoms with van der Waals surface area (Å²) in [6.07, 6.45) is 2.43. The van der Waals surface area contributed by atoms with Gasteiger partial charge in [0.25, 0.3) is 5.91 Å². The molecular weight excluding hydrogens is 264 g/mol. The highest BCUT2D eigenvalue weighted by atomic mass is 19.1. The quantitative estimate of drug-likeness (QED) is 0.809. The first-order valence-electron chi connectivity index (χ1n) is 6.84. The molecule has 0 radical (unpaired) electrons. The van der Waals surface area contributed by atoms with Gasteiger partial charge in [0.2, 0.25) is 0 Å². The molecule has 0 saturated heterocycles. The molecule has 0 aliphatic heterocycles. The molecule has 0 bridgehead atoms. The molecule has 0 aliphatic carbocycles. The number of aliphatic hydroxyl groups is 1. The third-order valence-corrected chi connectivity index (χ3v) is 3.28. The predicted octanol–water partition coefficient (Wildman–Crippen LogP) is 2.80. The lowest BCUT2D eigenvalue weighted by atomic mass is 10.00. The van der Waals surface area contributed by atoms with Gasteiger partial charge in [-0.25, -0.2) is 8.78 Å². The van der Waals surface area contributed by atoms with Crippen LogP contribution in [0.3, 0.4) is 0 Å². The lowest BCUT2D eigenvalue weighted by molar-refractivity contribution is 0.0938. The van der Waals surface area contributed by atoms with Crippen molar-refractivity contribution in [2.75, 3.05) is 13.2 Å². The van der Waals surface area contributed by atoms with Crippen molar-refractivity contribution in [2.24, 2.45) is 5.92 Å². The molecule has 1 amide bonds. The Labute approximate surface area is 118 Å². The zero-order valence-corrected chi connectivity index (χ0v) is 11.9. The van der Waals surface area contributed by atoms with E-state index in [0.29, 0.717) is 13.0 Å². The molecule has 0 aliphatic rings. The molecule has 0 spiro atoms. The minimum absolute atomic E-state index is 0.0601. The molecule has 1 unspecified atom stereocenters. The van der Waals surface area contributed by atoms with Gasteiger partial charge in [0.05, 0.1) is 5.56 Å². The van der Waals surface area contributed by atoms with E-state index < -0.39 is 17.5 Å². The van der Waals surface area contributed by atoms with Crippen LogP contribution < -0.4 is 5.32 Å². The highest BCUT2D eigenvalue weighted by Crippen LogP contribution is 2.15. The fourth-order valence-electron chi connectivity index (χ4n) is 2.10. The van der Waals surface area contributed by atoms with E-state index in [9.17, 15) is 13.6 Å². The number of hydrogen-bond acceptors (Lipinski definition) is 2. The van der Waals surface area contributed by atoms with Crippen molar-refractivity contribution in [3.05, 3.63) is 34.9 Å². The third-order valence-electron chi connectivity index (χ3n) is 3.28. The van der Waals surface area contributed by atoms with E-state index in [0.717, 1.165) is 18.9 Å². The van der Waals surface area contributed by atoms with Gasteiger partial charge in [0.1, 0.15) is 11.6 Å². The maximum absolute atomic E-state index is 13.6. The smallest absolute Gasteiger partial charge is 0.254 e. The summed E-state index contributed by atoms with van der Waals surface area (Å²) in [7, 11) is 0. The molecule has 20 heavy (non-hydrogen) atoms. The van der Waals surface area contributed by atoms with Gasteiger partial charge < -0.3 is 10.4 Å². The zero-order valence-electron chi connectivity index (χ0n) is 11.9. The second-order valence-electron chi connectivity index (χ2n) is 4.96. The van der Waals surface area contributed by atoms with Crippen LogP contribution in [0.25, 0.3) is 0 Å². The Hall–Kier alpha value is -1.49. The number of nitrogens with one attached hydrogen (secondary N) is 1. The first kappa shape index (κ1) is 16.6. The van der Waals surface area contributed by atoms with E-state index in [4.69, 9.17) is 5.11 Å². The van der Waals surface area contributed by atoms with Gasteiger partial charge in [-0.05, 0) is 37.3 Å². The van der Waals surface area contributed by atoms with Crippen LogP contribution in [-0.4, -0.2) is 24.2 Å². The fourth-order valence-corrected chi connectivity index (χ4v) is 2.10. The average Bonchev–Trinajstić information content (AvgIpc) is 2.40. The number of carbonyl (C=O) groups excluding carboxylic acids is 1.